The zero-order chi connectivity index (χ0) is 14.2. The Balaban J connectivity index is 2.52. The van der Waals surface area contributed by atoms with Gasteiger partial charge in [0, 0.05) is 25.7 Å². The molecule has 0 spiro atoms. The molecule has 1 heterocycles. The number of anilines is 1. The van der Waals surface area contributed by atoms with Gasteiger partial charge in [0.25, 0.3) is 0 Å². The molecule has 0 amide bonds. The van der Waals surface area contributed by atoms with Crippen LogP contribution in [-0.4, -0.2) is 30.4 Å². The number of ether oxygens (including phenoxy) is 1. The lowest BCUT2D eigenvalue weighted by Crippen LogP contribution is -2.26. The summed E-state index contributed by atoms with van der Waals surface area (Å²) in [6.07, 6.45) is 1.47. The number of benzene rings is 1. The van der Waals surface area contributed by atoms with Crippen LogP contribution in [0.3, 0.4) is 0 Å². The molecule has 0 N–H and O–H groups in total. The lowest BCUT2D eigenvalue weighted by Gasteiger charge is -2.19. The van der Waals surface area contributed by atoms with Crippen molar-refractivity contribution in [3.05, 3.63) is 30.5 Å². The van der Waals surface area contributed by atoms with Gasteiger partial charge in [0.05, 0.1) is 11.2 Å². The smallest absolute Gasteiger partial charge is 0.419 e. The van der Waals surface area contributed by atoms with Gasteiger partial charge in [-0.25, -0.2) is 4.79 Å². The fourth-order valence-electron chi connectivity index (χ4n) is 1.98. The number of carbonyl (C=O) groups is 1. The second-order valence-electron chi connectivity index (χ2n) is 5.78. The summed E-state index contributed by atoms with van der Waals surface area (Å²) in [6, 6.07) is 7.81. The van der Waals surface area contributed by atoms with Crippen molar-refractivity contribution in [2.24, 2.45) is 0 Å². The highest BCUT2D eigenvalue weighted by Gasteiger charge is 2.20. The summed E-state index contributed by atoms with van der Waals surface area (Å²) in [5, 5.41) is 1.04. The van der Waals surface area contributed by atoms with Gasteiger partial charge in [0.2, 0.25) is 0 Å². The molecular weight excluding hydrogens is 240 g/mol. The number of hydrogen-bond donors (Lipinski definition) is 0. The summed E-state index contributed by atoms with van der Waals surface area (Å²) in [7, 11) is 3.92. The first-order valence-electron chi connectivity index (χ1n) is 6.30. The van der Waals surface area contributed by atoms with Gasteiger partial charge in [-0.1, -0.05) is 18.2 Å². The van der Waals surface area contributed by atoms with E-state index < -0.39 is 5.60 Å². The first kappa shape index (κ1) is 13.5. The molecule has 4 heteroatoms. The average molecular weight is 260 g/mol. The minimum atomic E-state index is -0.499. The van der Waals surface area contributed by atoms with Gasteiger partial charge in [0.15, 0.2) is 0 Å². The van der Waals surface area contributed by atoms with Crippen LogP contribution in [0.5, 0.6) is 0 Å². The number of para-hydroxylation sites is 1. The van der Waals surface area contributed by atoms with Gasteiger partial charge in [-0.2, -0.15) is 0 Å². The molecule has 0 aliphatic carbocycles. The molecule has 1 aromatic heterocycles. The van der Waals surface area contributed by atoms with E-state index in [0.717, 1.165) is 16.6 Å². The molecule has 0 saturated heterocycles. The number of fused-ring (bicyclic) bond motifs is 1. The highest BCUT2D eigenvalue weighted by Crippen LogP contribution is 2.28. The molecule has 0 fully saturated rings. The van der Waals surface area contributed by atoms with Crippen LogP contribution < -0.4 is 4.90 Å². The van der Waals surface area contributed by atoms with E-state index in [1.807, 2.05) is 70.2 Å². The van der Waals surface area contributed by atoms with Crippen molar-refractivity contribution in [1.82, 2.24) is 4.57 Å². The van der Waals surface area contributed by atoms with Gasteiger partial charge >= 0.3 is 6.09 Å². The number of nitrogens with zero attached hydrogens (tertiary/aromatic N) is 2. The number of aromatic nitrogens is 1. The van der Waals surface area contributed by atoms with Gasteiger partial charge in [-0.3, -0.25) is 4.57 Å². The van der Waals surface area contributed by atoms with E-state index in [9.17, 15) is 4.79 Å². The molecule has 2 aromatic rings. The Labute approximate surface area is 113 Å². The van der Waals surface area contributed by atoms with E-state index in [4.69, 9.17) is 4.74 Å². The summed E-state index contributed by atoms with van der Waals surface area (Å²) in [5.41, 5.74) is 1.36. The maximum absolute atomic E-state index is 12.2. The third kappa shape index (κ3) is 2.72. The van der Waals surface area contributed by atoms with Gasteiger partial charge in [0.1, 0.15) is 5.60 Å². The predicted octanol–water partition coefficient (Wildman–Crippen LogP) is 3.49. The third-order valence-corrected chi connectivity index (χ3v) is 2.76. The van der Waals surface area contributed by atoms with E-state index in [-0.39, 0.29) is 6.09 Å². The Morgan fingerprint density at radius 1 is 1.21 bits per heavy atom. The average Bonchev–Trinajstić information content (AvgIpc) is 2.66. The molecule has 4 nitrogen and oxygen atoms in total. The number of carbonyl (C=O) groups excluding carboxylic acids is 1. The van der Waals surface area contributed by atoms with Crippen LogP contribution >= 0.6 is 0 Å². The Kier molecular flexibility index (Phi) is 3.27. The highest BCUT2D eigenvalue weighted by atomic mass is 16.6. The van der Waals surface area contributed by atoms with Gasteiger partial charge in [-0.15, -0.1) is 0 Å². The lowest BCUT2D eigenvalue weighted by atomic mass is 10.2. The number of hydrogen-bond acceptors (Lipinski definition) is 3. The van der Waals surface area contributed by atoms with Crippen molar-refractivity contribution in [3.8, 4) is 0 Å². The Morgan fingerprint density at radius 2 is 1.84 bits per heavy atom. The summed E-state index contributed by atoms with van der Waals surface area (Å²) in [4.78, 5) is 14.2. The summed E-state index contributed by atoms with van der Waals surface area (Å²) in [5.74, 6) is 0. The van der Waals surface area contributed by atoms with Crippen LogP contribution in [0.4, 0.5) is 10.5 Å². The Hall–Kier alpha value is -1.97. The molecule has 102 valence electrons. The summed E-state index contributed by atoms with van der Waals surface area (Å²) < 4.78 is 7.00. The summed E-state index contributed by atoms with van der Waals surface area (Å²) in [6.45, 7) is 5.59. The van der Waals surface area contributed by atoms with Gasteiger partial charge in [-0.05, 0) is 26.8 Å². The largest absolute Gasteiger partial charge is 0.443 e. The van der Waals surface area contributed by atoms with Crippen LogP contribution in [-0.2, 0) is 4.74 Å². The fourth-order valence-corrected chi connectivity index (χ4v) is 1.98. The molecule has 0 radical (unpaired) electrons. The molecule has 0 bridgehead atoms. The Morgan fingerprint density at radius 3 is 2.42 bits per heavy atom. The quantitative estimate of drug-likeness (QED) is 0.787. The van der Waals surface area contributed by atoms with Crippen LogP contribution in [0.1, 0.15) is 20.8 Å². The second-order valence-corrected chi connectivity index (χ2v) is 5.78. The maximum Gasteiger partial charge on any atom is 0.419 e. The zero-order valence-electron chi connectivity index (χ0n) is 12.1. The molecule has 1 aromatic carbocycles. The predicted molar refractivity (Wildman–Crippen MR) is 77.9 cm³/mol. The first-order valence-corrected chi connectivity index (χ1v) is 6.30. The van der Waals surface area contributed by atoms with Crippen molar-refractivity contribution < 1.29 is 9.53 Å². The minimum Gasteiger partial charge on any atom is -0.443 e. The lowest BCUT2D eigenvalue weighted by molar-refractivity contribution is 0.0544. The minimum absolute atomic E-state index is 0.350. The van der Waals surface area contributed by atoms with Crippen LogP contribution in [0, 0.1) is 0 Å². The van der Waals surface area contributed by atoms with Crippen molar-refractivity contribution in [2.45, 2.75) is 26.4 Å². The Bertz CT molecular complexity index is 606. The second kappa shape index (κ2) is 4.61. The topological polar surface area (TPSA) is 34.5 Å². The van der Waals surface area contributed by atoms with E-state index >= 15 is 0 Å². The molecule has 0 aliphatic rings. The molecule has 0 atom stereocenters. The monoisotopic (exact) mass is 260 g/mol. The van der Waals surface area contributed by atoms with E-state index in [0.29, 0.717) is 0 Å². The van der Waals surface area contributed by atoms with Crippen molar-refractivity contribution in [2.75, 3.05) is 19.0 Å². The molecule has 0 aliphatic heterocycles. The first-order chi connectivity index (χ1) is 8.79. The molecule has 19 heavy (non-hydrogen) atoms. The summed E-state index contributed by atoms with van der Waals surface area (Å²) >= 11 is 0. The van der Waals surface area contributed by atoms with E-state index in [1.165, 1.54) is 0 Å². The van der Waals surface area contributed by atoms with Crippen molar-refractivity contribution >= 4 is 22.7 Å². The molecule has 2 rings (SSSR count). The third-order valence-electron chi connectivity index (χ3n) is 2.76. The van der Waals surface area contributed by atoms with Crippen molar-refractivity contribution in [1.29, 1.82) is 0 Å². The zero-order valence-corrected chi connectivity index (χ0v) is 12.1. The molecule has 0 unspecified atom stereocenters. The fraction of sp³-hybridized carbons (Fsp3) is 0.400. The van der Waals surface area contributed by atoms with E-state index in [1.54, 1.807) is 4.57 Å². The van der Waals surface area contributed by atoms with Crippen LogP contribution in [0.2, 0.25) is 0 Å². The standard InChI is InChI=1S/C15H20N2O2/c1-15(2,3)19-14(18)17-10-13(16(4)5)11-8-6-7-9-12(11)17/h6-10H,1-5H3. The maximum atomic E-state index is 12.2. The normalized spacial score (nSPS) is 11.6. The SMILES string of the molecule is CN(C)c1cn(C(=O)OC(C)(C)C)c2ccccc12. The van der Waals surface area contributed by atoms with Gasteiger partial charge < -0.3 is 9.64 Å². The molecule has 0 saturated carbocycles. The number of rotatable bonds is 1. The van der Waals surface area contributed by atoms with E-state index in [2.05, 4.69) is 0 Å². The van der Waals surface area contributed by atoms with Crippen LogP contribution in [0.25, 0.3) is 10.9 Å². The highest BCUT2D eigenvalue weighted by molar-refractivity contribution is 5.98. The molecular formula is C15H20N2O2. The van der Waals surface area contributed by atoms with Crippen molar-refractivity contribution in [3.63, 3.8) is 0 Å². The van der Waals surface area contributed by atoms with Crippen LogP contribution in [0.15, 0.2) is 30.5 Å².